The number of carbonyl (C=O) groups excluding carboxylic acids is 2. The molecule has 0 radical (unpaired) electrons. The molecule has 17 heteroatoms. The normalized spacial score (nSPS) is 23.3. The maximum Gasteiger partial charge on any atom is 0.410 e. The second-order valence-electron chi connectivity index (χ2n) is 13.9. The summed E-state index contributed by atoms with van der Waals surface area (Å²) in [5.74, 6) is 0.707. The van der Waals surface area contributed by atoms with Crippen molar-refractivity contribution in [2.75, 3.05) is 42.5 Å². The van der Waals surface area contributed by atoms with E-state index in [0.29, 0.717) is 51.6 Å². The number of nitrogens with one attached hydrogen (secondary N) is 1. The van der Waals surface area contributed by atoms with Gasteiger partial charge in [-0.3, -0.25) is 9.80 Å². The Morgan fingerprint density at radius 3 is 1.66 bits per heavy atom. The lowest BCUT2D eigenvalue weighted by Gasteiger charge is -2.42. The van der Waals surface area contributed by atoms with Gasteiger partial charge in [-0.15, -0.1) is 20.4 Å². The fourth-order valence-electron chi connectivity index (χ4n) is 6.08. The molecule has 14 nitrogen and oxygen atoms in total. The highest BCUT2D eigenvalue weighted by atomic mass is 79.9. The lowest BCUT2D eigenvalue weighted by molar-refractivity contribution is 0.00974. The van der Waals surface area contributed by atoms with Gasteiger partial charge in [0.1, 0.15) is 11.2 Å². The molecule has 4 aliphatic heterocycles. The second-order valence-corrected chi connectivity index (χ2v) is 15.6. The molecule has 0 aromatic carbocycles. The molecule has 47 heavy (non-hydrogen) atoms. The summed E-state index contributed by atoms with van der Waals surface area (Å²) >= 11 is 14.5. The molecule has 6 heterocycles. The van der Waals surface area contributed by atoms with E-state index in [0.717, 1.165) is 44.5 Å². The average molecular weight is 763 g/mol. The summed E-state index contributed by atoms with van der Waals surface area (Å²) in [6.07, 6.45) is 3.77. The van der Waals surface area contributed by atoms with E-state index in [1.165, 1.54) is 0 Å². The van der Waals surface area contributed by atoms with Gasteiger partial charge in [-0.1, -0.05) is 23.2 Å². The number of piperazine rings is 2. The summed E-state index contributed by atoms with van der Waals surface area (Å²) in [5.41, 5.74) is 11.1. The Kier molecular flexibility index (Phi) is 11.9. The smallest absolute Gasteiger partial charge is 0.410 e. The van der Waals surface area contributed by atoms with Crippen LogP contribution < -0.4 is 21.7 Å². The lowest BCUT2D eigenvalue weighted by atomic mass is 10.1. The van der Waals surface area contributed by atoms with Gasteiger partial charge in [0.15, 0.2) is 21.9 Å². The van der Waals surface area contributed by atoms with Crippen molar-refractivity contribution in [1.29, 1.82) is 0 Å². The largest absolute Gasteiger partial charge is 0.444 e. The Bertz CT molecular complexity index is 1400. The highest BCUT2D eigenvalue weighted by molar-refractivity contribution is 9.10. The molecule has 4 bridgehead atoms. The van der Waals surface area contributed by atoms with Gasteiger partial charge in [-0.25, -0.2) is 9.59 Å². The van der Waals surface area contributed by atoms with E-state index in [9.17, 15) is 9.59 Å². The van der Waals surface area contributed by atoms with Crippen LogP contribution in [0.1, 0.15) is 68.7 Å². The maximum atomic E-state index is 12.5. The molecule has 0 aliphatic carbocycles. The first-order valence-corrected chi connectivity index (χ1v) is 17.2. The molecule has 262 valence electrons. The molecular weight excluding hydrogens is 715 g/mol. The van der Waals surface area contributed by atoms with Crippen LogP contribution in [0, 0.1) is 0 Å². The van der Waals surface area contributed by atoms with Crippen LogP contribution in [0.5, 0.6) is 0 Å². The van der Waals surface area contributed by atoms with Crippen LogP contribution in [0.2, 0.25) is 10.3 Å². The molecule has 6 rings (SSSR count). The Morgan fingerprint density at radius 1 is 0.787 bits per heavy atom. The van der Waals surface area contributed by atoms with Crippen LogP contribution >= 0.6 is 39.1 Å². The average Bonchev–Trinajstić information content (AvgIpc) is 3.38. The highest BCUT2D eigenvalue weighted by Crippen LogP contribution is 2.35. The van der Waals surface area contributed by atoms with Crippen molar-refractivity contribution in [2.45, 2.75) is 103 Å². The van der Waals surface area contributed by atoms with Crippen LogP contribution in [0.15, 0.2) is 16.6 Å². The third kappa shape index (κ3) is 10.1. The molecule has 4 saturated heterocycles. The third-order valence-electron chi connectivity index (χ3n) is 7.93. The van der Waals surface area contributed by atoms with Gasteiger partial charge in [-0.2, -0.15) is 0 Å². The van der Waals surface area contributed by atoms with E-state index in [-0.39, 0.29) is 31.3 Å². The molecule has 4 unspecified atom stereocenters. The van der Waals surface area contributed by atoms with Crippen LogP contribution in [-0.2, 0) is 9.47 Å². The third-order valence-corrected chi connectivity index (χ3v) is 8.93. The van der Waals surface area contributed by atoms with E-state index < -0.39 is 5.60 Å². The molecule has 5 N–H and O–H groups in total. The number of nitrogens with two attached hydrogens (primary N) is 2. The van der Waals surface area contributed by atoms with Crippen molar-refractivity contribution in [3.8, 4) is 0 Å². The maximum absolute atomic E-state index is 12.5. The standard InChI is InChI=1S/C15H22ClN5O2.C11H20N2O2.C4H3BrClN3.H2/c1-15(2,3)23-14(22)21-9-4-5-10(21)8-20(7-9)11-6-12(16)18-19-13(11)17;1-11(2,3)15-10(14)13-8-4-5-9(13)7-12-6-8;5-2-1-3(6)8-9-4(2)7;/h6,9-10H,4-5,7-8H2,1-3H3,(H2,17,19);8-9,12H,4-7H2,1-3H3;1H,(H2,7,9);1H. The van der Waals surface area contributed by atoms with Crippen LogP contribution in [0.3, 0.4) is 0 Å². The Morgan fingerprint density at radius 2 is 1.21 bits per heavy atom. The van der Waals surface area contributed by atoms with E-state index in [1.54, 1.807) is 12.1 Å². The predicted octanol–water partition coefficient (Wildman–Crippen LogP) is 5.38. The fourth-order valence-corrected chi connectivity index (χ4v) is 6.80. The molecule has 2 aromatic rings. The molecule has 0 spiro atoms. The lowest BCUT2D eigenvalue weighted by Crippen LogP contribution is -2.57. The number of fused-ring (bicyclic) bond motifs is 4. The predicted molar refractivity (Wildman–Crippen MR) is 188 cm³/mol. The van der Waals surface area contributed by atoms with Crippen molar-refractivity contribution < 1.29 is 20.5 Å². The Balaban J connectivity index is 0.000000214. The number of hydrogen-bond acceptors (Lipinski definition) is 12. The van der Waals surface area contributed by atoms with Crippen LogP contribution in [-0.4, -0.2) is 104 Å². The molecule has 0 saturated carbocycles. The van der Waals surface area contributed by atoms with Crippen LogP contribution in [0.25, 0.3) is 0 Å². The van der Waals surface area contributed by atoms with Crippen molar-refractivity contribution in [2.24, 2.45) is 0 Å². The zero-order valence-electron chi connectivity index (χ0n) is 27.7. The zero-order valence-corrected chi connectivity index (χ0v) is 30.8. The highest BCUT2D eigenvalue weighted by Gasteiger charge is 2.45. The number of halogens is 3. The minimum absolute atomic E-state index is 0. The summed E-state index contributed by atoms with van der Waals surface area (Å²) in [6, 6.07) is 4.25. The van der Waals surface area contributed by atoms with Gasteiger partial charge < -0.3 is 31.2 Å². The molecule has 2 amide bonds. The first-order valence-electron chi connectivity index (χ1n) is 15.6. The van der Waals surface area contributed by atoms with Crippen molar-refractivity contribution in [3.63, 3.8) is 0 Å². The van der Waals surface area contributed by atoms with Gasteiger partial charge in [0.25, 0.3) is 0 Å². The number of aromatic nitrogens is 4. The zero-order chi connectivity index (χ0) is 34.7. The minimum atomic E-state index is -0.485. The van der Waals surface area contributed by atoms with Gasteiger partial charge in [0, 0.05) is 45.8 Å². The molecular formula is C30H47BrCl2N10O4. The first kappa shape index (κ1) is 36.9. The van der Waals surface area contributed by atoms with Crippen molar-refractivity contribution >= 4 is 68.6 Å². The second kappa shape index (κ2) is 15.1. The van der Waals surface area contributed by atoms with E-state index in [4.69, 9.17) is 44.1 Å². The van der Waals surface area contributed by atoms with E-state index >= 15 is 0 Å². The number of nitrogen functional groups attached to an aromatic ring is 2. The first-order chi connectivity index (χ1) is 21.9. The van der Waals surface area contributed by atoms with E-state index in [2.05, 4.69) is 46.5 Å². The summed E-state index contributed by atoms with van der Waals surface area (Å²) in [7, 11) is 0. The molecule has 4 atom stereocenters. The monoisotopic (exact) mass is 760 g/mol. The number of nitrogens with zero attached hydrogens (tertiary/aromatic N) is 7. The number of carbonyl (C=O) groups is 2. The van der Waals surface area contributed by atoms with Gasteiger partial charge >= 0.3 is 12.2 Å². The van der Waals surface area contributed by atoms with Crippen molar-refractivity contribution in [1.82, 2.24) is 35.5 Å². The molecule has 4 aliphatic rings. The number of hydrogen-bond donors (Lipinski definition) is 3. The van der Waals surface area contributed by atoms with Gasteiger partial charge in [-0.05, 0) is 89.2 Å². The number of anilines is 3. The molecule has 2 aromatic heterocycles. The van der Waals surface area contributed by atoms with E-state index in [1.807, 2.05) is 51.3 Å². The quantitative estimate of drug-likeness (QED) is 0.339. The van der Waals surface area contributed by atoms with Crippen LogP contribution in [0.4, 0.5) is 26.9 Å². The summed E-state index contributed by atoms with van der Waals surface area (Å²) in [6.45, 7) is 14.6. The Hall–Kier alpha value is -2.88. The number of rotatable bonds is 1. The number of amides is 2. The number of ether oxygens (including phenoxy) is 2. The Labute approximate surface area is 295 Å². The van der Waals surface area contributed by atoms with Gasteiger partial charge in [0.2, 0.25) is 0 Å². The summed E-state index contributed by atoms with van der Waals surface area (Å²) in [4.78, 5) is 30.4. The molecule has 4 fully saturated rings. The minimum Gasteiger partial charge on any atom is -0.444 e. The summed E-state index contributed by atoms with van der Waals surface area (Å²) in [5, 5.41) is 18.6. The fraction of sp³-hybridized carbons (Fsp3) is 0.667. The van der Waals surface area contributed by atoms with Crippen molar-refractivity contribution in [3.05, 3.63) is 26.9 Å². The summed E-state index contributed by atoms with van der Waals surface area (Å²) < 4.78 is 11.6. The van der Waals surface area contributed by atoms with Gasteiger partial charge in [0.05, 0.1) is 22.2 Å². The SMILES string of the molecule is CC(C)(C)OC(=O)N1C2CCC1CN(c1cc(Cl)nnc1N)C2.CC(C)(C)OC(=O)N1C2CCC1CNC2.Nc1nnc(Cl)cc1Br.[HH]. The topological polar surface area (TPSA) is 178 Å².